The SMILES string of the molecule is Cc1cc(C(=O)N[C@H](CO)c2ccccc2)ccc1-c1nc(N[C@@H](C)CO)ncc1C. The fourth-order valence-corrected chi connectivity index (χ4v) is 3.28. The van der Waals surface area contributed by atoms with Gasteiger partial charge in [-0.25, -0.2) is 9.97 Å². The van der Waals surface area contributed by atoms with Crippen LogP contribution in [0.2, 0.25) is 0 Å². The predicted octanol–water partition coefficient (Wildman–Crippen LogP) is 3.02. The fourth-order valence-electron chi connectivity index (χ4n) is 3.28. The van der Waals surface area contributed by atoms with Crippen LogP contribution in [-0.4, -0.2) is 45.3 Å². The normalized spacial score (nSPS) is 12.8. The summed E-state index contributed by atoms with van der Waals surface area (Å²) >= 11 is 0. The summed E-state index contributed by atoms with van der Waals surface area (Å²) in [4.78, 5) is 21.7. The molecule has 0 radical (unpaired) electrons. The topological polar surface area (TPSA) is 107 Å². The second kappa shape index (κ2) is 10.1. The van der Waals surface area contributed by atoms with Gasteiger partial charge in [0, 0.05) is 23.4 Å². The smallest absolute Gasteiger partial charge is 0.251 e. The predicted molar refractivity (Wildman–Crippen MR) is 121 cm³/mol. The fraction of sp³-hybridized carbons (Fsp3) is 0.292. The van der Waals surface area contributed by atoms with Crippen LogP contribution in [0.5, 0.6) is 0 Å². The first-order chi connectivity index (χ1) is 14.9. The number of aliphatic hydroxyl groups is 2. The maximum atomic E-state index is 12.8. The van der Waals surface area contributed by atoms with Crippen molar-refractivity contribution in [2.45, 2.75) is 32.9 Å². The molecular weight excluding hydrogens is 392 g/mol. The Kier molecular flexibility index (Phi) is 7.33. The molecule has 0 spiro atoms. The average molecular weight is 421 g/mol. The number of aliphatic hydroxyl groups excluding tert-OH is 2. The highest BCUT2D eigenvalue weighted by molar-refractivity contribution is 5.95. The molecule has 0 aliphatic rings. The molecule has 7 nitrogen and oxygen atoms in total. The number of carbonyl (C=O) groups is 1. The van der Waals surface area contributed by atoms with E-state index in [1.54, 1.807) is 12.3 Å². The molecular formula is C24H28N4O3. The number of aromatic nitrogens is 2. The maximum absolute atomic E-state index is 12.8. The summed E-state index contributed by atoms with van der Waals surface area (Å²) in [5.74, 6) is 0.188. The van der Waals surface area contributed by atoms with Crippen molar-refractivity contribution in [1.82, 2.24) is 15.3 Å². The van der Waals surface area contributed by atoms with E-state index in [2.05, 4.69) is 20.6 Å². The van der Waals surface area contributed by atoms with E-state index in [0.717, 1.165) is 27.9 Å². The molecule has 0 saturated heterocycles. The van der Waals surface area contributed by atoms with E-state index in [1.165, 1.54) is 0 Å². The van der Waals surface area contributed by atoms with Crippen LogP contribution in [-0.2, 0) is 0 Å². The molecule has 31 heavy (non-hydrogen) atoms. The highest BCUT2D eigenvalue weighted by Crippen LogP contribution is 2.26. The van der Waals surface area contributed by atoms with Crippen LogP contribution in [0.4, 0.5) is 5.95 Å². The Balaban J connectivity index is 1.83. The summed E-state index contributed by atoms with van der Waals surface area (Å²) in [6, 6.07) is 14.2. The van der Waals surface area contributed by atoms with Gasteiger partial charge in [-0.1, -0.05) is 36.4 Å². The van der Waals surface area contributed by atoms with Gasteiger partial charge in [0.05, 0.1) is 24.9 Å². The second-order valence-corrected chi connectivity index (χ2v) is 7.60. The van der Waals surface area contributed by atoms with Crippen molar-refractivity contribution in [3.05, 3.63) is 77.0 Å². The van der Waals surface area contributed by atoms with Crippen LogP contribution in [0.15, 0.2) is 54.7 Å². The number of benzene rings is 2. The van der Waals surface area contributed by atoms with Gasteiger partial charge in [0.1, 0.15) is 0 Å². The number of aryl methyl sites for hydroxylation is 2. The Labute approximate surface area is 182 Å². The number of amides is 1. The van der Waals surface area contributed by atoms with E-state index in [1.807, 2.05) is 63.2 Å². The van der Waals surface area contributed by atoms with Gasteiger partial charge in [-0.05, 0) is 49.6 Å². The summed E-state index contributed by atoms with van der Waals surface area (Å²) < 4.78 is 0. The third kappa shape index (κ3) is 5.45. The number of nitrogens with zero attached hydrogens (tertiary/aromatic N) is 2. The zero-order valence-corrected chi connectivity index (χ0v) is 18.0. The quantitative estimate of drug-likeness (QED) is 0.446. The van der Waals surface area contributed by atoms with Crippen molar-refractivity contribution in [2.75, 3.05) is 18.5 Å². The summed E-state index contributed by atoms with van der Waals surface area (Å²) in [6.07, 6.45) is 1.74. The first-order valence-corrected chi connectivity index (χ1v) is 10.2. The molecule has 3 aromatic rings. The van der Waals surface area contributed by atoms with E-state index < -0.39 is 6.04 Å². The molecule has 0 saturated carbocycles. The lowest BCUT2D eigenvalue weighted by Gasteiger charge is -2.18. The van der Waals surface area contributed by atoms with E-state index in [0.29, 0.717) is 11.5 Å². The molecule has 0 fully saturated rings. The lowest BCUT2D eigenvalue weighted by molar-refractivity contribution is 0.0916. The molecule has 1 amide bonds. The van der Waals surface area contributed by atoms with E-state index >= 15 is 0 Å². The third-order valence-corrected chi connectivity index (χ3v) is 5.05. The molecule has 7 heteroatoms. The van der Waals surface area contributed by atoms with Crippen LogP contribution >= 0.6 is 0 Å². The van der Waals surface area contributed by atoms with Gasteiger partial charge in [-0.2, -0.15) is 0 Å². The van der Waals surface area contributed by atoms with Gasteiger partial charge in [-0.15, -0.1) is 0 Å². The standard InChI is InChI=1S/C24H28N4O3/c1-15-11-19(23(31)27-21(14-30)18-7-5-4-6-8-18)9-10-20(15)22-16(2)12-25-24(28-22)26-17(3)13-29/h4-12,17,21,29-30H,13-14H2,1-3H3,(H,27,31)(H,25,26,28)/t17-,21+/m0/s1. The lowest BCUT2D eigenvalue weighted by Crippen LogP contribution is -2.30. The van der Waals surface area contributed by atoms with Crippen LogP contribution in [0, 0.1) is 13.8 Å². The van der Waals surface area contributed by atoms with Crippen LogP contribution in [0.1, 0.15) is 40.0 Å². The highest BCUT2D eigenvalue weighted by Gasteiger charge is 2.17. The van der Waals surface area contributed by atoms with Gasteiger partial charge < -0.3 is 20.8 Å². The first kappa shape index (κ1) is 22.4. The molecule has 4 N–H and O–H groups in total. The summed E-state index contributed by atoms with van der Waals surface area (Å²) in [5.41, 5.74) is 4.83. The van der Waals surface area contributed by atoms with Crippen molar-refractivity contribution in [1.29, 1.82) is 0 Å². The van der Waals surface area contributed by atoms with Gasteiger partial charge in [0.25, 0.3) is 5.91 Å². The number of nitrogens with one attached hydrogen (secondary N) is 2. The van der Waals surface area contributed by atoms with Gasteiger partial charge >= 0.3 is 0 Å². The number of hydrogen-bond donors (Lipinski definition) is 4. The Hall–Kier alpha value is -3.29. The van der Waals surface area contributed by atoms with Crippen molar-refractivity contribution >= 4 is 11.9 Å². The zero-order valence-electron chi connectivity index (χ0n) is 18.0. The van der Waals surface area contributed by atoms with Gasteiger partial charge in [0.2, 0.25) is 5.95 Å². The minimum atomic E-state index is -0.472. The molecule has 0 unspecified atom stereocenters. The Morgan fingerprint density at radius 1 is 1.03 bits per heavy atom. The molecule has 2 aromatic carbocycles. The molecule has 0 aliphatic carbocycles. The Bertz CT molecular complexity index is 1040. The maximum Gasteiger partial charge on any atom is 0.251 e. The van der Waals surface area contributed by atoms with Gasteiger partial charge in [-0.3, -0.25) is 4.79 Å². The van der Waals surface area contributed by atoms with E-state index in [9.17, 15) is 15.0 Å². The van der Waals surface area contributed by atoms with Crippen LogP contribution in [0.25, 0.3) is 11.3 Å². The molecule has 1 heterocycles. The molecule has 0 aliphatic heterocycles. The summed E-state index contributed by atoms with van der Waals surface area (Å²) in [7, 11) is 0. The largest absolute Gasteiger partial charge is 0.394 e. The Morgan fingerprint density at radius 3 is 2.42 bits per heavy atom. The zero-order chi connectivity index (χ0) is 22.4. The van der Waals surface area contributed by atoms with Crippen molar-refractivity contribution < 1.29 is 15.0 Å². The average Bonchev–Trinajstić information content (AvgIpc) is 2.79. The molecule has 2 atom stereocenters. The molecule has 162 valence electrons. The monoisotopic (exact) mass is 420 g/mol. The summed E-state index contributed by atoms with van der Waals surface area (Å²) in [6.45, 7) is 5.50. The van der Waals surface area contributed by atoms with Gasteiger partial charge in [0.15, 0.2) is 0 Å². The van der Waals surface area contributed by atoms with Crippen molar-refractivity contribution in [3.8, 4) is 11.3 Å². The van der Waals surface area contributed by atoms with Crippen molar-refractivity contribution in [2.24, 2.45) is 0 Å². The number of hydrogen-bond acceptors (Lipinski definition) is 6. The number of rotatable bonds is 8. The second-order valence-electron chi connectivity index (χ2n) is 7.60. The first-order valence-electron chi connectivity index (χ1n) is 10.2. The molecule has 3 rings (SSSR count). The number of anilines is 1. The highest BCUT2D eigenvalue weighted by atomic mass is 16.3. The summed E-state index contributed by atoms with van der Waals surface area (Å²) in [5, 5.41) is 24.9. The minimum Gasteiger partial charge on any atom is -0.394 e. The lowest BCUT2D eigenvalue weighted by atomic mass is 9.99. The van der Waals surface area contributed by atoms with Crippen molar-refractivity contribution in [3.63, 3.8) is 0 Å². The number of carbonyl (C=O) groups excluding carboxylic acids is 1. The third-order valence-electron chi connectivity index (χ3n) is 5.05. The van der Waals surface area contributed by atoms with E-state index in [4.69, 9.17) is 0 Å². The minimum absolute atomic E-state index is 0.0206. The Morgan fingerprint density at radius 2 is 1.77 bits per heavy atom. The van der Waals surface area contributed by atoms with Crippen LogP contribution in [0.3, 0.4) is 0 Å². The molecule has 0 bridgehead atoms. The molecule has 1 aromatic heterocycles. The van der Waals surface area contributed by atoms with E-state index in [-0.39, 0.29) is 25.2 Å². The van der Waals surface area contributed by atoms with Crippen LogP contribution < -0.4 is 10.6 Å².